The van der Waals surface area contributed by atoms with Crippen molar-refractivity contribution in [2.24, 2.45) is 0 Å². The maximum Gasteiger partial charge on any atom is 0.165 e. The number of nitrogens with zero attached hydrogens (tertiary/aromatic N) is 2. The second-order valence-corrected chi connectivity index (χ2v) is 5.07. The number of hydrogen-bond donors (Lipinski definition) is 0. The lowest BCUT2D eigenvalue weighted by Gasteiger charge is -2.06. The molecule has 0 aliphatic rings. The summed E-state index contributed by atoms with van der Waals surface area (Å²) in [6.07, 6.45) is 4.21. The van der Waals surface area contributed by atoms with Crippen molar-refractivity contribution in [1.29, 1.82) is 0 Å². The molecule has 4 nitrogen and oxygen atoms in total. The third-order valence-corrected chi connectivity index (χ3v) is 2.93. The van der Waals surface area contributed by atoms with Gasteiger partial charge >= 0.3 is 0 Å². The first-order valence-electron chi connectivity index (χ1n) is 5.57. The predicted octanol–water partition coefficient (Wildman–Crippen LogP) is 3.83. The molecule has 5 heteroatoms. The highest BCUT2D eigenvalue weighted by Crippen LogP contribution is 2.27. The van der Waals surface area contributed by atoms with Crippen molar-refractivity contribution in [3.8, 4) is 11.5 Å². The fourth-order valence-corrected chi connectivity index (χ4v) is 1.87. The topological polar surface area (TPSA) is 44.1 Å². The lowest BCUT2D eigenvalue weighted by Crippen LogP contribution is -1.99. The van der Waals surface area contributed by atoms with E-state index >= 15 is 0 Å². The predicted molar refractivity (Wildman–Crippen MR) is 72.2 cm³/mol. The van der Waals surface area contributed by atoms with Gasteiger partial charge in [-0.3, -0.25) is 9.48 Å². The van der Waals surface area contributed by atoms with E-state index in [4.69, 9.17) is 4.74 Å². The van der Waals surface area contributed by atoms with E-state index < -0.39 is 0 Å². The van der Waals surface area contributed by atoms with Gasteiger partial charge in [0.15, 0.2) is 12.0 Å². The second kappa shape index (κ2) is 5.35. The normalized spacial score (nSPS) is 10.7. The first kappa shape index (κ1) is 12.8. The number of carbonyl (C=O) groups is 1. The van der Waals surface area contributed by atoms with Gasteiger partial charge in [-0.2, -0.15) is 5.10 Å². The van der Waals surface area contributed by atoms with E-state index in [1.165, 1.54) is 0 Å². The van der Waals surface area contributed by atoms with E-state index in [-0.39, 0.29) is 6.04 Å². The maximum atomic E-state index is 11.0. The van der Waals surface area contributed by atoms with Crippen LogP contribution in [0.1, 0.15) is 30.2 Å². The van der Waals surface area contributed by atoms with E-state index in [0.29, 0.717) is 17.1 Å². The molecule has 0 bridgehead atoms. The summed E-state index contributed by atoms with van der Waals surface area (Å²) in [5, 5.41) is 4.18. The lowest BCUT2D eigenvalue weighted by atomic mass is 10.2. The summed E-state index contributed by atoms with van der Waals surface area (Å²) in [6, 6.07) is 5.57. The van der Waals surface area contributed by atoms with E-state index in [1.807, 2.05) is 19.9 Å². The van der Waals surface area contributed by atoms with Crippen molar-refractivity contribution in [2.75, 3.05) is 0 Å². The van der Waals surface area contributed by atoms with Crippen molar-refractivity contribution in [2.45, 2.75) is 19.9 Å². The number of carbonyl (C=O) groups excluding carboxylic acids is 1. The van der Waals surface area contributed by atoms with Crippen molar-refractivity contribution in [1.82, 2.24) is 9.78 Å². The van der Waals surface area contributed by atoms with Crippen LogP contribution in [-0.2, 0) is 0 Å². The summed E-state index contributed by atoms with van der Waals surface area (Å²) in [7, 11) is 0. The van der Waals surface area contributed by atoms with Crippen LogP contribution < -0.4 is 4.74 Å². The van der Waals surface area contributed by atoms with Crippen molar-refractivity contribution >= 4 is 22.2 Å². The molecule has 0 N–H and O–H groups in total. The summed E-state index contributed by atoms with van der Waals surface area (Å²) in [5.41, 5.74) is 0.502. The number of aromatic nitrogens is 2. The summed E-state index contributed by atoms with van der Waals surface area (Å²) in [5.74, 6) is 1.14. The Bertz CT molecular complexity index is 564. The Morgan fingerprint density at radius 3 is 2.83 bits per heavy atom. The Morgan fingerprint density at radius 1 is 1.44 bits per heavy atom. The molecular weight excluding hydrogens is 296 g/mol. The Balaban J connectivity index is 2.25. The summed E-state index contributed by atoms with van der Waals surface area (Å²) >= 11 is 3.31. The molecule has 0 aliphatic carbocycles. The summed E-state index contributed by atoms with van der Waals surface area (Å²) in [4.78, 5) is 11.0. The van der Waals surface area contributed by atoms with E-state index in [0.717, 1.165) is 10.8 Å². The van der Waals surface area contributed by atoms with Crippen LogP contribution in [-0.4, -0.2) is 16.1 Å². The molecule has 0 aliphatic heterocycles. The van der Waals surface area contributed by atoms with Gasteiger partial charge in [0.05, 0.1) is 18.0 Å². The molecule has 94 valence electrons. The van der Waals surface area contributed by atoms with Crippen LogP contribution in [0.15, 0.2) is 35.1 Å². The Kier molecular flexibility index (Phi) is 3.81. The van der Waals surface area contributed by atoms with Gasteiger partial charge in [-0.25, -0.2) is 0 Å². The van der Waals surface area contributed by atoms with Crippen LogP contribution in [0, 0.1) is 0 Å². The van der Waals surface area contributed by atoms with Crippen LogP contribution in [0.4, 0.5) is 0 Å². The van der Waals surface area contributed by atoms with Gasteiger partial charge in [0.1, 0.15) is 5.75 Å². The van der Waals surface area contributed by atoms with Gasteiger partial charge in [0.25, 0.3) is 0 Å². The Hall–Kier alpha value is -1.62. The zero-order valence-corrected chi connectivity index (χ0v) is 11.7. The lowest BCUT2D eigenvalue weighted by molar-refractivity contribution is 0.112. The Morgan fingerprint density at radius 2 is 2.22 bits per heavy atom. The zero-order valence-electron chi connectivity index (χ0n) is 10.1. The van der Waals surface area contributed by atoms with E-state index in [2.05, 4.69) is 21.0 Å². The van der Waals surface area contributed by atoms with Crippen molar-refractivity contribution in [3.63, 3.8) is 0 Å². The average Bonchev–Trinajstić information content (AvgIpc) is 2.80. The molecule has 1 heterocycles. The molecule has 0 fully saturated rings. The highest BCUT2D eigenvalue weighted by Gasteiger charge is 2.07. The molecule has 0 saturated carbocycles. The number of ether oxygens (including phenoxy) is 1. The highest BCUT2D eigenvalue weighted by atomic mass is 79.9. The minimum Gasteiger partial charge on any atom is -0.453 e. The Labute approximate surface area is 114 Å². The number of rotatable bonds is 4. The fraction of sp³-hybridized carbons (Fsp3) is 0.231. The van der Waals surface area contributed by atoms with Crippen LogP contribution in [0.25, 0.3) is 0 Å². The molecule has 0 unspecified atom stereocenters. The molecule has 1 aromatic heterocycles. The molecule has 0 amide bonds. The average molecular weight is 309 g/mol. The monoisotopic (exact) mass is 308 g/mol. The van der Waals surface area contributed by atoms with Gasteiger partial charge in [0.2, 0.25) is 0 Å². The van der Waals surface area contributed by atoms with Gasteiger partial charge in [-0.05, 0) is 32.0 Å². The molecule has 0 saturated heterocycles. The number of aldehydes is 1. The number of halogens is 1. The summed E-state index contributed by atoms with van der Waals surface area (Å²) in [6.45, 7) is 4.07. The van der Waals surface area contributed by atoms with Gasteiger partial charge in [-0.15, -0.1) is 0 Å². The van der Waals surface area contributed by atoms with E-state index in [1.54, 1.807) is 29.2 Å². The van der Waals surface area contributed by atoms with E-state index in [9.17, 15) is 4.79 Å². The number of hydrogen-bond acceptors (Lipinski definition) is 3. The van der Waals surface area contributed by atoms with Crippen LogP contribution in [0.3, 0.4) is 0 Å². The van der Waals surface area contributed by atoms with Gasteiger partial charge in [0, 0.05) is 10.5 Å². The minimum absolute atomic E-state index is 0.276. The first-order valence-corrected chi connectivity index (χ1v) is 6.36. The highest BCUT2D eigenvalue weighted by molar-refractivity contribution is 9.10. The molecule has 0 atom stereocenters. The first-order chi connectivity index (χ1) is 8.60. The number of benzene rings is 1. The molecule has 0 radical (unpaired) electrons. The zero-order chi connectivity index (χ0) is 13.1. The standard InChI is InChI=1S/C13H13BrN2O2/c1-9(2)16-7-12(6-15-16)18-13-4-3-11(14)5-10(13)8-17/h3-9H,1-2H3. The third kappa shape index (κ3) is 2.79. The second-order valence-electron chi connectivity index (χ2n) is 4.15. The maximum absolute atomic E-state index is 11.0. The van der Waals surface area contributed by atoms with Gasteiger partial charge in [-0.1, -0.05) is 15.9 Å². The van der Waals surface area contributed by atoms with Crippen LogP contribution in [0.5, 0.6) is 11.5 Å². The van der Waals surface area contributed by atoms with Crippen LogP contribution >= 0.6 is 15.9 Å². The largest absolute Gasteiger partial charge is 0.453 e. The minimum atomic E-state index is 0.276. The molecule has 0 spiro atoms. The molecule has 2 rings (SSSR count). The van der Waals surface area contributed by atoms with Crippen molar-refractivity contribution in [3.05, 3.63) is 40.6 Å². The smallest absolute Gasteiger partial charge is 0.165 e. The third-order valence-electron chi connectivity index (χ3n) is 2.43. The fourth-order valence-electron chi connectivity index (χ4n) is 1.49. The van der Waals surface area contributed by atoms with Crippen LogP contribution in [0.2, 0.25) is 0 Å². The quantitative estimate of drug-likeness (QED) is 0.806. The molecule has 18 heavy (non-hydrogen) atoms. The molecule has 1 aromatic carbocycles. The summed E-state index contributed by atoms with van der Waals surface area (Å²) < 4.78 is 8.29. The van der Waals surface area contributed by atoms with Crippen molar-refractivity contribution < 1.29 is 9.53 Å². The molecular formula is C13H13BrN2O2. The molecule has 2 aromatic rings. The SMILES string of the molecule is CC(C)n1cc(Oc2ccc(Br)cc2C=O)cn1. The van der Waals surface area contributed by atoms with Gasteiger partial charge < -0.3 is 4.74 Å².